The smallest absolute Gasteiger partial charge is 0.332 e. The van der Waals surface area contributed by atoms with Crippen LogP contribution in [0.3, 0.4) is 0 Å². The van der Waals surface area contributed by atoms with Crippen molar-refractivity contribution in [3.63, 3.8) is 0 Å². The van der Waals surface area contributed by atoms with E-state index in [9.17, 15) is 13.2 Å². The Morgan fingerprint density at radius 1 is 1.33 bits per heavy atom. The predicted molar refractivity (Wildman–Crippen MR) is 39.4 cm³/mol. The average molecular weight is 192 g/mol. The zero-order chi connectivity index (χ0) is 9.03. The zero-order valence-electron chi connectivity index (χ0n) is 6.26. The fraction of sp³-hybridized carbons (Fsp3) is 0.800. The van der Waals surface area contributed by atoms with Gasteiger partial charge in [0.05, 0.1) is 13.2 Å². The number of hydrogen-bond acceptors (Lipinski definition) is 4. The average Bonchev–Trinajstić information content (AvgIpc) is 2.06. The van der Waals surface area contributed by atoms with Gasteiger partial charge in [-0.1, -0.05) is 4.40 Å². The van der Waals surface area contributed by atoms with Crippen LogP contribution in [-0.4, -0.2) is 45.1 Å². The number of morpholine rings is 1. The van der Waals surface area contributed by atoms with Crippen molar-refractivity contribution in [3.05, 3.63) is 0 Å². The van der Waals surface area contributed by atoms with E-state index in [0.717, 1.165) is 10.4 Å². The molecule has 0 atom stereocenters. The van der Waals surface area contributed by atoms with E-state index in [1.807, 2.05) is 0 Å². The van der Waals surface area contributed by atoms with Crippen molar-refractivity contribution < 1.29 is 17.9 Å². The number of carbonyl (C=O) groups excluding carboxylic acids is 1. The van der Waals surface area contributed by atoms with Gasteiger partial charge in [0.15, 0.2) is 0 Å². The molecule has 0 aliphatic carbocycles. The number of nitrogens with zero attached hydrogens (tertiary/aromatic N) is 2. The molecule has 0 aromatic carbocycles. The monoisotopic (exact) mass is 192 g/mol. The normalized spacial score (nSPS) is 20.0. The van der Waals surface area contributed by atoms with Crippen LogP contribution in [0, 0.1) is 0 Å². The Hall–Kier alpha value is -0.750. The number of rotatable bonds is 2. The maximum atomic E-state index is 11.0. The molecule has 0 bridgehead atoms. The van der Waals surface area contributed by atoms with Gasteiger partial charge in [0, 0.05) is 13.1 Å². The SMILES string of the molecule is O=C=NS(=O)(=O)N1CCOCC1. The molecule has 1 rings (SSSR count). The van der Waals surface area contributed by atoms with Crippen LogP contribution in [0.15, 0.2) is 4.40 Å². The van der Waals surface area contributed by atoms with Gasteiger partial charge in [-0.15, -0.1) is 0 Å². The number of hydrogen-bond donors (Lipinski definition) is 0. The first kappa shape index (κ1) is 9.34. The molecule has 68 valence electrons. The van der Waals surface area contributed by atoms with Crippen molar-refractivity contribution in [2.24, 2.45) is 4.40 Å². The Kier molecular flexibility index (Phi) is 2.93. The van der Waals surface area contributed by atoms with E-state index in [-0.39, 0.29) is 13.1 Å². The molecule has 1 fully saturated rings. The van der Waals surface area contributed by atoms with Crippen molar-refractivity contribution in [1.29, 1.82) is 0 Å². The fourth-order valence-electron chi connectivity index (χ4n) is 0.882. The highest BCUT2D eigenvalue weighted by Crippen LogP contribution is 2.05. The fourth-order valence-corrected chi connectivity index (χ4v) is 1.70. The maximum absolute atomic E-state index is 11.0. The van der Waals surface area contributed by atoms with E-state index < -0.39 is 10.2 Å². The third kappa shape index (κ3) is 2.12. The first-order chi connectivity index (χ1) is 5.67. The van der Waals surface area contributed by atoms with Crippen LogP contribution >= 0.6 is 0 Å². The Morgan fingerprint density at radius 3 is 2.42 bits per heavy atom. The summed E-state index contributed by atoms with van der Waals surface area (Å²) in [7, 11) is -3.78. The summed E-state index contributed by atoms with van der Waals surface area (Å²) in [5.41, 5.74) is 0. The van der Waals surface area contributed by atoms with Crippen molar-refractivity contribution in [2.75, 3.05) is 26.3 Å². The molecular weight excluding hydrogens is 184 g/mol. The Bertz CT molecular complexity index is 287. The van der Waals surface area contributed by atoms with Gasteiger partial charge in [0.1, 0.15) is 0 Å². The van der Waals surface area contributed by atoms with Crippen LogP contribution in [0.4, 0.5) is 0 Å². The molecule has 6 nitrogen and oxygen atoms in total. The molecule has 1 heterocycles. The molecule has 0 aromatic heterocycles. The molecule has 0 aromatic rings. The zero-order valence-corrected chi connectivity index (χ0v) is 7.08. The maximum Gasteiger partial charge on any atom is 0.332 e. The third-order valence-corrected chi connectivity index (χ3v) is 2.77. The molecule has 0 N–H and O–H groups in total. The summed E-state index contributed by atoms with van der Waals surface area (Å²) in [6.07, 6.45) is 1.01. The van der Waals surface area contributed by atoms with Gasteiger partial charge in [-0.05, 0) is 0 Å². The van der Waals surface area contributed by atoms with Crippen molar-refractivity contribution in [3.8, 4) is 0 Å². The highest BCUT2D eigenvalue weighted by Gasteiger charge is 2.23. The Morgan fingerprint density at radius 2 is 1.92 bits per heavy atom. The second-order valence-electron chi connectivity index (χ2n) is 2.17. The molecule has 1 saturated heterocycles. The molecule has 1 aliphatic heterocycles. The summed E-state index contributed by atoms with van der Waals surface area (Å²) < 4.78 is 30.8. The Labute approximate surface area is 70.0 Å². The van der Waals surface area contributed by atoms with Crippen LogP contribution in [0.25, 0.3) is 0 Å². The van der Waals surface area contributed by atoms with E-state index in [1.54, 1.807) is 0 Å². The van der Waals surface area contributed by atoms with Crippen LogP contribution in [-0.2, 0) is 19.7 Å². The summed E-state index contributed by atoms with van der Waals surface area (Å²) >= 11 is 0. The van der Waals surface area contributed by atoms with Gasteiger partial charge in [-0.2, -0.15) is 12.7 Å². The van der Waals surface area contributed by atoms with Gasteiger partial charge in [0.2, 0.25) is 0 Å². The first-order valence-electron chi connectivity index (χ1n) is 3.34. The summed E-state index contributed by atoms with van der Waals surface area (Å²) in [4.78, 5) is 9.73. The quantitative estimate of drug-likeness (QED) is 0.411. The van der Waals surface area contributed by atoms with Gasteiger partial charge in [0.25, 0.3) is 6.08 Å². The molecule has 7 heteroatoms. The topological polar surface area (TPSA) is 76.0 Å². The standard InChI is InChI=1S/C5H8N2O4S/c8-5-6-12(9,10)7-1-3-11-4-2-7/h1-4H2. The lowest BCUT2D eigenvalue weighted by Crippen LogP contribution is -2.39. The van der Waals surface area contributed by atoms with Crippen LogP contribution < -0.4 is 0 Å². The van der Waals surface area contributed by atoms with Crippen molar-refractivity contribution in [1.82, 2.24) is 4.31 Å². The second kappa shape index (κ2) is 3.77. The minimum absolute atomic E-state index is 0.244. The van der Waals surface area contributed by atoms with Crippen LogP contribution in [0.1, 0.15) is 0 Å². The van der Waals surface area contributed by atoms with E-state index in [0.29, 0.717) is 13.2 Å². The van der Waals surface area contributed by atoms with E-state index in [4.69, 9.17) is 4.74 Å². The molecular formula is C5H8N2O4S. The van der Waals surface area contributed by atoms with Crippen LogP contribution in [0.2, 0.25) is 0 Å². The minimum atomic E-state index is -3.78. The molecule has 0 unspecified atom stereocenters. The van der Waals surface area contributed by atoms with Gasteiger partial charge in [-0.3, -0.25) is 0 Å². The molecule has 1 aliphatic rings. The number of isocyanates is 1. The largest absolute Gasteiger partial charge is 0.379 e. The highest BCUT2D eigenvalue weighted by molar-refractivity contribution is 7.87. The highest BCUT2D eigenvalue weighted by atomic mass is 32.2. The van der Waals surface area contributed by atoms with Crippen molar-refractivity contribution >= 4 is 16.3 Å². The summed E-state index contributed by atoms with van der Waals surface area (Å²) in [5.74, 6) is 0. The van der Waals surface area contributed by atoms with E-state index in [2.05, 4.69) is 4.40 Å². The molecule has 0 saturated carbocycles. The predicted octanol–water partition coefficient (Wildman–Crippen LogP) is -1.10. The van der Waals surface area contributed by atoms with Crippen LogP contribution in [0.5, 0.6) is 0 Å². The first-order valence-corrected chi connectivity index (χ1v) is 4.73. The molecule has 0 spiro atoms. The summed E-state index contributed by atoms with van der Waals surface area (Å²) in [5, 5.41) is 0. The third-order valence-electron chi connectivity index (χ3n) is 1.45. The van der Waals surface area contributed by atoms with E-state index >= 15 is 0 Å². The Balaban J connectivity index is 2.73. The molecule has 0 amide bonds. The molecule has 0 radical (unpaired) electrons. The van der Waals surface area contributed by atoms with Crippen molar-refractivity contribution in [2.45, 2.75) is 0 Å². The van der Waals surface area contributed by atoms with Gasteiger partial charge in [-0.25, -0.2) is 4.79 Å². The number of ether oxygens (including phenoxy) is 1. The molecule has 12 heavy (non-hydrogen) atoms. The van der Waals surface area contributed by atoms with E-state index in [1.165, 1.54) is 0 Å². The minimum Gasteiger partial charge on any atom is -0.379 e. The van der Waals surface area contributed by atoms with Gasteiger partial charge < -0.3 is 4.74 Å². The lowest BCUT2D eigenvalue weighted by molar-refractivity contribution is 0.0731. The lowest BCUT2D eigenvalue weighted by Gasteiger charge is -2.22. The second-order valence-corrected chi connectivity index (χ2v) is 3.77. The summed E-state index contributed by atoms with van der Waals surface area (Å²) in [6.45, 7) is 1.17. The lowest BCUT2D eigenvalue weighted by atomic mass is 10.5. The van der Waals surface area contributed by atoms with Gasteiger partial charge >= 0.3 is 10.2 Å². The summed E-state index contributed by atoms with van der Waals surface area (Å²) in [6, 6.07) is 0.